The highest BCUT2D eigenvalue weighted by Crippen LogP contribution is 2.42. The highest BCUT2D eigenvalue weighted by Gasteiger charge is 2.20. The Kier molecular flexibility index (Phi) is 8.28. The highest BCUT2D eigenvalue weighted by molar-refractivity contribution is 9.11. The van der Waals surface area contributed by atoms with E-state index in [1.165, 1.54) is 24.9 Å². The Morgan fingerprint density at radius 1 is 1.03 bits per heavy atom. The number of nitrogens with zero attached hydrogens (tertiary/aromatic N) is 3. The number of methoxy groups -OCH3 is 2. The number of nitrogens with one attached hydrogen (secondary N) is 1. The number of hydrogen-bond donors (Lipinski definition) is 2. The predicted molar refractivity (Wildman–Crippen MR) is 151 cm³/mol. The largest absolute Gasteiger partial charge is 0.497 e. The number of amides is 2. The van der Waals surface area contributed by atoms with Gasteiger partial charge in [0.05, 0.1) is 19.7 Å². The average Bonchev–Trinajstić information content (AvgIpc) is 3.15. The molecule has 2 N–H and O–H groups in total. The molecule has 1 heterocycles. The van der Waals surface area contributed by atoms with Crippen LogP contribution in [0.4, 0.5) is 5.69 Å². The van der Waals surface area contributed by atoms with Gasteiger partial charge in [0, 0.05) is 32.5 Å². The number of rotatable bonds is 7. The van der Waals surface area contributed by atoms with Gasteiger partial charge in [0.1, 0.15) is 17.2 Å². The summed E-state index contributed by atoms with van der Waals surface area (Å²) >= 11 is 6.91. The maximum absolute atomic E-state index is 13.3. The minimum Gasteiger partial charge on any atom is -0.497 e. The number of azo groups is 1. The van der Waals surface area contributed by atoms with Crippen LogP contribution in [-0.2, 0) is 11.8 Å². The monoisotopic (exact) mass is 640 g/mol. The molecule has 4 rings (SSSR count). The molecule has 194 valence electrons. The number of carbonyl (C=O) groups is 2. The van der Waals surface area contributed by atoms with Crippen molar-refractivity contribution in [1.29, 1.82) is 0 Å². The van der Waals surface area contributed by atoms with Crippen molar-refractivity contribution < 1.29 is 24.2 Å². The molecule has 0 saturated heterocycles. The predicted octanol–water partition coefficient (Wildman–Crippen LogP) is 6.51. The molecule has 1 aromatic heterocycles. The summed E-state index contributed by atoms with van der Waals surface area (Å²) in [5.74, 6) is -0.559. The van der Waals surface area contributed by atoms with Gasteiger partial charge in [0.25, 0.3) is 5.91 Å². The third-order valence-electron chi connectivity index (χ3n) is 5.64. The molecule has 0 aliphatic carbocycles. The van der Waals surface area contributed by atoms with Crippen LogP contribution in [-0.4, -0.2) is 35.7 Å². The third kappa shape index (κ3) is 5.63. The normalized spacial score (nSPS) is 11.7. The lowest BCUT2D eigenvalue weighted by Crippen LogP contribution is -2.26. The molecule has 0 spiro atoms. The summed E-state index contributed by atoms with van der Waals surface area (Å²) in [6.07, 6.45) is 1.43. The van der Waals surface area contributed by atoms with Gasteiger partial charge < -0.3 is 24.5 Å². The molecular formula is C27H22Br2N4O5. The molecule has 0 aliphatic rings. The second-order valence-corrected chi connectivity index (χ2v) is 9.78. The number of aromatic nitrogens is 1. The van der Waals surface area contributed by atoms with Gasteiger partial charge in [0.15, 0.2) is 5.69 Å². The van der Waals surface area contributed by atoms with Crippen LogP contribution < -0.4 is 14.8 Å². The van der Waals surface area contributed by atoms with Crippen LogP contribution >= 0.6 is 31.9 Å². The second-order valence-electron chi connectivity index (χ2n) is 8.01. The van der Waals surface area contributed by atoms with Crippen LogP contribution in [0.15, 0.2) is 85.5 Å². The zero-order valence-corrected chi connectivity index (χ0v) is 23.7. The third-order valence-corrected chi connectivity index (χ3v) is 6.70. The Balaban J connectivity index is 1.78. The number of carbonyl (C=O) groups excluding carboxylic acids is 2. The first kappa shape index (κ1) is 27.1. The smallest absolute Gasteiger partial charge is 0.311 e. The molecule has 2 amide bonds. The molecule has 38 heavy (non-hydrogen) atoms. The zero-order valence-electron chi connectivity index (χ0n) is 20.5. The fourth-order valence-corrected chi connectivity index (χ4v) is 5.25. The number of aromatic hydroxyl groups is 1. The molecule has 9 nitrogen and oxygen atoms in total. The molecule has 0 saturated carbocycles. The Labute approximate surface area is 235 Å². The zero-order chi connectivity index (χ0) is 27.4. The maximum atomic E-state index is 13.3. The second kappa shape index (κ2) is 11.6. The molecule has 0 atom stereocenters. The SMILES string of the molecule is COc1ccc(OC)c(/C=C(\NC(=O)c2ccccc2)C(=O)N=Nc2c(O)n(C)c3c(Br)cc(Br)cc23)c1. The lowest BCUT2D eigenvalue weighted by molar-refractivity contribution is -0.115. The van der Waals surface area contributed by atoms with E-state index >= 15 is 0 Å². The molecule has 0 bridgehead atoms. The van der Waals surface area contributed by atoms with Crippen LogP contribution in [0.25, 0.3) is 17.0 Å². The van der Waals surface area contributed by atoms with E-state index in [4.69, 9.17) is 9.47 Å². The first-order valence-corrected chi connectivity index (χ1v) is 12.7. The van der Waals surface area contributed by atoms with Crippen molar-refractivity contribution in [1.82, 2.24) is 9.88 Å². The summed E-state index contributed by atoms with van der Waals surface area (Å²) in [5.41, 5.74) is 1.44. The van der Waals surface area contributed by atoms with Crippen LogP contribution in [0.2, 0.25) is 0 Å². The van der Waals surface area contributed by atoms with Crippen molar-refractivity contribution in [3.8, 4) is 17.4 Å². The molecule has 3 aromatic carbocycles. The van der Waals surface area contributed by atoms with Crippen molar-refractivity contribution in [3.63, 3.8) is 0 Å². The van der Waals surface area contributed by atoms with Crippen molar-refractivity contribution >= 4 is 66.3 Å². The summed E-state index contributed by atoms with van der Waals surface area (Å²) in [7, 11) is 4.67. The van der Waals surface area contributed by atoms with E-state index < -0.39 is 11.8 Å². The van der Waals surface area contributed by atoms with Crippen LogP contribution in [0, 0.1) is 0 Å². The fourth-order valence-electron chi connectivity index (χ4n) is 3.76. The number of benzene rings is 3. The van der Waals surface area contributed by atoms with E-state index in [1.807, 2.05) is 6.07 Å². The highest BCUT2D eigenvalue weighted by atomic mass is 79.9. The van der Waals surface area contributed by atoms with Crippen LogP contribution in [0.5, 0.6) is 17.4 Å². The lowest BCUT2D eigenvalue weighted by Gasteiger charge is -2.10. The summed E-state index contributed by atoms with van der Waals surface area (Å²) in [6.45, 7) is 0. The molecular weight excluding hydrogens is 620 g/mol. The number of fused-ring (bicyclic) bond motifs is 1. The molecule has 0 fully saturated rings. The van der Waals surface area contributed by atoms with Gasteiger partial charge in [0.2, 0.25) is 5.88 Å². The van der Waals surface area contributed by atoms with Crippen LogP contribution in [0.3, 0.4) is 0 Å². The van der Waals surface area contributed by atoms with Gasteiger partial charge in [-0.3, -0.25) is 9.59 Å². The van der Waals surface area contributed by atoms with Gasteiger partial charge in [-0.15, -0.1) is 10.2 Å². The Bertz CT molecular complexity index is 1600. The topological polar surface area (TPSA) is 115 Å². The van der Waals surface area contributed by atoms with Gasteiger partial charge in [-0.1, -0.05) is 34.1 Å². The van der Waals surface area contributed by atoms with E-state index in [0.717, 1.165) is 4.47 Å². The van der Waals surface area contributed by atoms with E-state index in [-0.39, 0.29) is 17.3 Å². The first-order chi connectivity index (χ1) is 18.2. The van der Waals surface area contributed by atoms with Gasteiger partial charge in [-0.25, -0.2) is 0 Å². The van der Waals surface area contributed by atoms with E-state index in [2.05, 4.69) is 47.4 Å². The summed E-state index contributed by atoms with van der Waals surface area (Å²) in [5, 5.41) is 21.8. The fraction of sp³-hybridized carbons (Fsp3) is 0.111. The van der Waals surface area contributed by atoms with Gasteiger partial charge in [-0.2, -0.15) is 0 Å². The number of hydrogen-bond acceptors (Lipinski definition) is 6. The van der Waals surface area contributed by atoms with E-state index in [1.54, 1.807) is 61.6 Å². The van der Waals surface area contributed by atoms with Crippen molar-refractivity contribution in [3.05, 3.63) is 86.4 Å². The summed E-state index contributed by atoms with van der Waals surface area (Å²) in [4.78, 5) is 26.2. The molecule has 0 aliphatic heterocycles. The first-order valence-electron chi connectivity index (χ1n) is 11.2. The van der Waals surface area contributed by atoms with E-state index in [0.29, 0.717) is 38.0 Å². The van der Waals surface area contributed by atoms with Crippen molar-refractivity contribution in [2.45, 2.75) is 0 Å². The number of aryl methyl sites for hydroxylation is 1. The quantitative estimate of drug-likeness (QED) is 0.176. The van der Waals surface area contributed by atoms with Crippen molar-refractivity contribution in [2.24, 2.45) is 17.3 Å². The average molecular weight is 642 g/mol. The Hall–Kier alpha value is -3.96. The number of ether oxygens (including phenoxy) is 2. The molecule has 4 aromatic rings. The number of halogens is 2. The summed E-state index contributed by atoms with van der Waals surface area (Å²) < 4.78 is 13.7. The van der Waals surface area contributed by atoms with Crippen molar-refractivity contribution in [2.75, 3.05) is 14.2 Å². The van der Waals surface area contributed by atoms with E-state index in [9.17, 15) is 14.7 Å². The Morgan fingerprint density at radius 3 is 2.45 bits per heavy atom. The maximum Gasteiger partial charge on any atom is 0.311 e. The van der Waals surface area contributed by atoms with Gasteiger partial charge in [-0.05, 0) is 64.5 Å². The minimum atomic E-state index is -0.843. The minimum absolute atomic E-state index is 0.102. The Morgan fingerprint density at radius 2 is 1.76 bits per heavy atom. The molecule has 0 radical (unpaired) electrons. The standard InChI is InChI=1S/C27H22Br2N4O5/c1-33-24-19(13-17(28)14-20(24)29)23(27(33)36)31-32-26(35)21(30-25(34)15-7-5-4-6-8-15)12-16-11-18(37-2)9-10-22(16)38-3/h4-14,36H,1-3H3,(H,30,34)/b21-12-,32-31?. The van der Waals surface area contributed by atoms with Crippen LogP contribution in [0.1, 0.15) is 15.9 Å². The van der Waals surface area contributed by atoms with Gasteiger partial charge >= 0.3 is 5.91 Å². The summed E-state index contributed by atoms with van der Waals surface area (Å²) in [6, 6.07) is 17.1. The molecule has 0 unspecified atom stereocenters. The lowest BCUT2D eigenvalue weighted by atomic mass is 10.1. The molecule has 11 heteroatoms.